The zero-order chi connectivity index (χ0) is 17.6. The second kappa shape index (κ2) is 5.75. The number of halogens is 1. The Kier molecular flexibility index (Phi) is 4.01. The third-order valence-corrected chi connectivity index (χ3v) is 5.58. The third kappa shape index (κ3) is 2.74. The average Bonchev–Trinajstić information content (AvgIpc) is 3.03. The van der Waals surface area contributed by atoms with Crippen molar-refractivity contribution in [1.29, 1.82) is 0 Å². The zero-order valence-electron chi connectivity index (χ0n) is 13.7. The number of aryl methyl sites for hydroxylation is 1. The fraction of sp³-hybridized carbons (Fsp3) is 0.250. The van der Waals surface area contributed by atoms with Gasteiger partial charge < -0.3 is 8.98 Å². The van der Waals surface area contributed by atoms with Crippen molar-refractivity contribution < 1.29 is 12.8 Å². The van der Waals surface area contributed by atoms with Gasteiger partial charge in [-0.25, -0.2) is 8.42 Å². The molecule has 6 nitrogen and oxygen atoms in total. The summed E-state index contributed by atoms with van der Waals surface area (Å²) in [5, 5.41) is 8.13. The van der Waals surface area contributed by atoms with Crippen molar-refractivity contribution >= 4 is 19.7 Å². The molecule has 0 saturated heterocycles. The Hall–Kier alpha value is -2.12. The predicted octanol–water partition coefficient (Wildman–Crippen LogP) is 3.59. The summed E-state index contributed by atoms with van der Waals surface area (Å²) in [5.74, 6) is 0.624. The summed E-state index contributed by atoms with van der Waals surface area (Å²) < 4.78 is 31.1. The molecule has 0 aliphatic carbocycles. The molecule has 0 atom stereocenters. The first-order valence-electron chi connectivity index (χ1n) is 7.21. The maximum absolute atomic E-state index is 11.8. The van der Waals surface area contributed by atoms with Gasteiger partial charge in [-0.1, -0.05) is 17.7 Å². The number of aromatic nitrogens is 3. The number of rotatable bonds is 3. The van der Waals surface area contributed by atoms with E-state index in [9.17, 15) is 8.42 Å². The molecule has 0 N–H and O–H groups in total. The van der Waals surface area contributed by atoms with Crippen molar-refractivity contribution in [2.45, 2.75) is 25.7 Å². The van der Waals surface area contributed by atoms with E-state index in [0.29, 0.717) is 22.8 Å². The van der Waals surface area contributed by atoms with Gasteiger partial charge in [0.1, 0.15) is 10.6 Å². The molecule has 0 aliphatic heterocycles. The van der Waals surface area contributed by atoms with Crippen LogP contribution in [0.25, 0.3) is 23.0 Å². The van der Waals surface area contributed by atoms with Crippen LogP contribution in [0, 0.1) is 20.8 Å². The molecule has 0 amide bonds. The van der Waals surface area contributed by atoms with E-state index in [1.807, 2.05) is 31.2 Å². The van der Waals surface area contributed by atoms with Gasteiger partial charge in [-0.15, -0.1) is 10.2 Å². The van der Waals surface area contributed by atoms with Crippen molar-refractivity contribution in [3.05, 3.63) is 41.1 Å². The van der Waals surface area contributed by atoms with Crippen LogP contribution in [0.15, 0.2) is 33.6 Å². The molecule has 3 rings (SSSR count). The number of benzene rings is 1. The molecule has 0 aliphatic rings. The first-order valence-corrected chi connectivity index (χ1v) is 9.52. The van der Waals surface area contributed by atoms with Crippen molar-refractivity contribution in [1.82, 2.24) is 14.8 Å². The average molecular weight is 366 g/mol. The van der Waals surface area contributed by atoms with E-state index in [4.69, 9.17) is 15.1 Å². The monoisotopic (exact) mass is 365 g/mol. The number of hydrogen-bond acceptors (Lipinski definition) is 5. The largest absolute Gasteiger partial charge is 0.415 e. The van der Waals surface area contributed by atoms with E-state index in [-0.39, 0.29) is 10.8 Å². The normalized spacial score (nSPS) is 11.9. The second-order valence-electron chi connectivity index (χ2n) is 5.66. The van der Waals surface area contributed by atoms with Crippen LogP contribution in [0.1, 0.15) is 16.8 Å². The Morgan fingerprint density at radius 2 is 1.62 bits per heavy atom. The molecule has 1 aromatic carbocycles. The highest BCUT2D eigenvalue weighted by molar-refractivity contribution is 8.13. The van der Waals surface area contributed by atoms with E-state index < -0.39 is 9.05 Å². The van der Waals surface area contributed by atoms with Crippen LogP contribution in [0.5, 0.6) is 0 Å². The van der Waals surface area contributed by atoms with Crippen LogP contribution in [-0.2, 0) is 16.1 Å². The molecule has 0 unspecified atom stereocenters. The minimum absolute atomic E-state index is 0.0803. The molecular formula is C16H16ClN3O3S. The smallest absolute Gasteiger partial charge is 0.264 e. The fourth-order valence-electron chi connectivity index (χ4n) is 2.75. The van der Waals surface area contributed by atoms with Gasteiger partial charge in [0.2, 0.25) is 5.89 Å². The number of hydrogen-bond donors (Lipinski definition) is 0. The highest BCUT2D eigenvalue weighted by atomic mass is 35.7. The highest BCUT2D eigenvalue weighted by Gasteiger charge is 2.27. The van der Waals surface area contributed by atoms with Crippen molar-refractivity contribution in [2.24, 2.45) is 7.05 Å². The Morgan fingerprint density at radius 1 is 1.04 bits per heavy atom. The number of nitrogens with zero attached hydrogens (tertiary/aromatic N) is 3. The van der Waals surface area contributed by atoms with E-state index in [1.54, 1.807) is 25.5 Å². The van der Waals surface area contributed by atoms with Gasteiger partial charge in [-0.05, 0) is 32.9 Å². The van der Waals surface area contributed by atoms with Crippen LogP contribution >= 0.6 is 10.7 Å². The zero-order valence-corrected chi connectivity index (χ0v) is 15.2. The lowest BCUT2D eigenvalue weighted by molar-refractivity contribution is 0.577. The van der Waals surface area contributed by atoms with Crippen LogP contribution in [0.3, 0.4) is 0 Å². The van der Waals surface area contributed by atoms with Crippen molar-refractivity contribution in [2.75, 3.05) is 0 Å². The lowest BCUT2D eigenvalue weighted by Gasteiger charge is -2.01. The van der Waals surface area contributed by atoms with E-state index in [2.05, 4.69) is 10.2 Å². The van der Waals surface area contributed by atoms with Crippen LogP contribution in [0.4, 0.5) is 0 Å². The third-order valence-electron chi connectivity index (χ3n) is 4.03. The van der Waals surface area contributed by atoms with Crippen LogP contribution < -0.4 is 0 Å². The minimum atomic E-state index is -3.86. The molecule has 2 aromatic heterocycles. The molecular weight excluding hydrogens is 350 g/mol. The first kappa shape index (κ1) is 16.7. The summed E-state index contributed by atoms with van der Waals surface area (Å²) in [4.78, 5) is 0.0803. The lowest BCUT2D eigenvalue weighted by Crippen LogP contribution is -1.97. The summed E-state index contributed by atoms with van der Waals surface area (Å²) in [6.07, 6.45) is 0. The first-order chi connectivity index (χ1) is 11.2. The van der Waals surface area contributed by atoms with Crippen molar-refractivity contribution in [3.63, 3.8) is 0 Å². The maximum Gasteiger partial charge on any atom is 0.264 e. The van der Waals surface area contributed by atoms with Gasteiger partial charge in [0, 0.05) is 34.6 Å². The lowest BCUT2D eigenvalue weighted by atomic mass is 10.1. The predicted molar refractivity (Wildman–Crippen MR) is 91.4 cm³/mol. The van der Waals surface area contributed by atoms with Gasteiger partial charge in [0.05, 0.1) is 0 Å². The van der Waals surface area contributed by atoms with Gasteiger partial charge in [-0.3, -0.25) is 0 Å². The molecule has 2 heterocycles. The molecule has 0 bridgehead atoms. The van der Waals surface area contributed by atoms with Crippen molar-refractivity contribution in [3.8, 4) is 23.0 Å². The van der Waals surface area contributed by atoms with Gasteiger partial charge in [0.15, 0.2) is 0 Å². The second-order valence-corrected chi connectivity index (χ2v) is 8.17. The molecule has 0 fully saturated rings. The quantitative estimate of drug-likeness (QED) is 0.663. The summed E-state index contributed by atoms with van der Waals surface area (Å²) in [5.41, 5.74) is 3.48. The van der Waals surface area contributed by atoms with Crippen LogP contribution in [-0.4, -0.2) is 23.2 Å². The van der Waals surface area contributed by atoms with Gasteiger partial charge in [-0.2, -0.15) is 0 Å². The Bertz CT molecular complexity index is 1020. The SMILES string of the molecule is Cc1ccc(-c2nnc(-c3c(C)c(S(=O)(=O)Cl)c(C)n3C)o2)cc1. The van der Waals surface area contributed by atoms with E-state index in [0.717, 1.165) is 11.1 Å². The molecule has 8 heteroatoms. The summed E-state index contributed by atoms with van der Waals surface area (Å²) in [6, 6.07) is 7.69. The van der Waals surface area contributed by atoms with Gasteiger partial charge in [0.25, 0.3) is 14.9 Å². The molecule has 0 saturated carbocycles. The Morgan fingerprint density at radius 3 is 2.17 bits per heavy atom. The van der Waals surface area contributed by atoms with E-state index >= 15 is 0 Å². The summed E-state index contributed by atoms with van der Waals surface area (Å²) in [6.45, 7) is 5.35. The fourth-order valence-corrected chi connectivity index (χ4v) is 4.38. The summed E-state index contributed by atoms with van der Waals surface area (Å²) >= 11 is 0. The molecule has 24 heavy (non-hydrogen) atoms. The standard InChI is InChI=1S/C16H16ClN3O3S/c1-9-5-7-12(8-6-9)15-18-19-16(23-15)13-10(2)14(24(17,21)22)11(3)20(13)4/h5-8H,1-4H3. The molecule has 0 spiro atoms. The van der Waals surface area contributed by atoms with E-state index in [1.165, 1.54) is 0 Å². The maximum atomic E-state index is 11.8. The molecule has 126 valence electrons. The minimum Gasteiger partial charge on any atom is -0.415 e. The van der Waals surface area contributed by atoms with Gasteiger partial charge >= 0.3 is 0 Å². The van der Waals surface area contributed by atoms with Crippen LogP contribution in [0.2, 0.25) is 0 Å². The summed E-state index contributed by atoms with van der Waals surface area (Å²) in [7, 11) is 3.42. The Labute approximate surface area is 144 Å². The molecule has 3 aromatic rings. The topological polar surface area (TPSA) is 78.0 Å². The molecule has 0 radical (unpaired) electrons. The highest BCUT2D eigenvalue weighted by Crippen LogP contribution is 2.35. The Balaban J connectivity index is 2.13.